The van der Waals surface area contributed by atoms with Crippen LogP contribution in [0.15, 0.2) is 42.6 Å². The third-order valence-electron chi connectivity index (χ3n) is 8.47. The summed E-state index contributed by atoms with van der Waals surface area (Å²) in [5.74, 6) is -0.0825. The highest BCUT2D eigenvalue weighted by atomic mass is 19.4. The average Bonchev–Trinajstić information content (AvgIpc) is 3.23. The van der Waals surface area contributed by atoms with Gasteiger partial charge in [0.25, 0.3) is 0 Å². The van der Waals surface area contributed by atoms with Crippen molar-refractivity contribution in [1.29, 1.82) is 0 Å². The lowest BCUT2D eigenvalue weighted by atomic mass is 9.83. The fraction of sp³-hybridized carbons (Fsp3) is 0.452. The van der Waals surface area contributed by atoms with E-state index in [1.54, 1.807) is 38.1 Å². The van der Waals surface area contributed by atoms with Gasteiger partial charge in [-0.25, -0.2) is 4.98 Å². The number of rotatable bonds is 10. The van der Waals surface area contributed by atoms with E-state index in [-0.39, 0.29) is 30.8 Å². The number of halogens is 3. The molecule has 0 bridgehead atoms. The van der Waals surface area contributed by atoms with Crippen molar-refractivity contribution in [2.75, 3.05) is 61.2 Å². The number of aliphatic hydroxyl groups is 1. The Morgan fingerprint density at radius 3 is 2.64 bits per heavy atom. The first-order valence-corrected chi connectivity index (χ1v) is 14.6. The summed E-state index contributed by atoms with van der Waals surface area (Å²) in [7, 11) is 3.55. The Balaban J connectivity index is 1.34. The molecule has 3 aromatic rings. The highest BCUT2D eigenvalue weighted by molar-refractivity contribution is 6.06. The van der Waals surface area contributed by atoms with E-state index in [2.05, 4.69) is 35.7 Å². The van der Waals surface area contributed by atoms with Crippen molar-refractivity contribution < 1.29 is 27.8 Å². The van der Waals surface area contributed by atoms with Crippen LogP contribution in [0.5, 0.6) is 5.75 Å². The molecule has 5 rings (SSSR count). The van der Waals surface area contributed by atoms with E-state index in [0.717, 1.165) is 43.4 Å². The number of piperidine rings is 1. The van der Waals surface area contributed by atoms with Gasteiger partial charge in [0.1, 0.15) is 17.1 Å². The van der Waals surface area contributed by atoms with Gasteiger partial charge < -0.3 is 35.6 Å². The maximum atomic E-state index is 13.9. The predicted octanol–water partition coefficient (Wildman–Crippen LogP) is 4.98. The van der Waals surface area contributed by atoms with Gasteiger partial charge in [0.05, 0.1) is 24.8 Å². The van der Waals surface area contributed by atoms with E-state index in [4.69, 9.17) is 4.74 Å². The smallest absolute Gasteiger partial charge is 0.421 e. The number of benzene rings is 2. The monoisotopic (exact) mass is 613 g/mol. The molecular weight excluding hydrogens is 575 g/mol. The van der Waals surface area contributed by atoms with Crippen molar-refractivity contribution in [2.45, 2.75) is 50.9 Å². The Bertz CT molecular complexity index is 1510. The minimum absolute atomic E-state index is 0.0194. The topological polar surface area (TPSA) is 115 Å². The Hall–Kier alpha value is -4.10. The van der Waals surface area contributed by atoms with Gasteiger partial charge in [0.15, 0.2) is 0 Å². The van der Waals surface area contributed by atoms with E-state index in [1.807, 2.05) is 19.2 Å². The van der Waals surface area contributed by atoms with E-state index >= 15 is 0 Å². The summed E-state index contributed by atoms with van der Waals surface area (Å²) < 4.78 is 47.4. The van der Waals surface area contributed by atoms with E-state index in [1.165, 1.54) is 7.11 Å². The van der Waals surface area contributed by atoms with E-state index in [0.29, 0.717) is 35.3 Å². The van der Waals surface area contributed by atoms with Crippen LogP contribution in [0.4, 0.5) is 42.0 Å². The lowest BCUT2D eigenvalue weighted by Gasteiger charge is -2.37. The summed E-state index contributed by atoms with van der Waals surface area (Å²) in [6.07, 6.45) is -2.01. The summed E-state index contributed by atoms with van der Waals surface area (Å²) in [5, 5.41) is 17.9. The molecule has 0 aliphatic carbocycles. The summed E-state index contributed by atoms with van der Waals surface area (Å²) >= 11 is 0. The molecule has 2 aliphatic rings. The maximum Gasteiger partial charge on any atom is 0.421 e. The number of fused-ring (bicyclic) bond motifs is 1. The fourth-order valence-corrected chi connectivity index (χ4v) is 5.95. The molecule has 2 aromatic carbocycles. The van der Waals surface area contributed by atoms with Crippen molar-refractivity contribution in [3.05, 3.63) is 59.3 Å². The second-order valence-electron chi connectivity index (χ2n) is 11.7. The second-order valence-corrected chi connectivity index (χ2v) is 11.7. The number of hydrogen-bond donors (Lipinski definition) is 4. The third-order valence-corrected chi connectivity index (χ3v) is 8.47. The van der Waals surface area contributed by atoms with Crippen LogP contribution in [0.1, 0.15) is 43.4 Å². The number of carbonyl (C=O) groups excluding carboxylic acids is 1. The number of carbonyl (C=O) groups is 1. The minimum Gasteiger partial charge on any atom is -0.494 e. The Kier molecular flexibility index (Phi) is 8.89. The molecule has 13 heteroatoms. The van der Waals surface area contributed by atoms with E-state index in [9.17, 15) is 23.1 Å². The number of aromatic nitrogens is 2. The zero-order chi connectivity index (χ0) is 31.6. The molecule has 10 nitrogen and oxygen atoms in total. The quantitative estimate of drug-likeness (QED) is 0.251. The Morgan fingerprint density at radius 1 is 1.20 bits per heavy atom. The number of aliphatic hydroxyl groups excluding tert-OH is 1. The molecule has 1 aromatic heterocycles. The molecule has 3 heterocycles. The molecule has 1 fully saturated rings. The van der Waals surface area contributed by atoms with Crippen LogP contribution < -0.4 is 25.6 Å². The van der Waals surface area contributed by atoms with Crippen LogP contribution in [0, 0.1) is 0 Å². The number of methoxy groups -OCH3 is 1. The fourth-order valence-electron chi connectivity index (χ4n) is 5.95. The van der Waals surface area contributed by atoms with Crippen molar-refractivity contribution in [1.82, 2.24) is 14.9 Å². The SMILES string of the molecule is COc1cc(N2CCC(N(C)CCO)CC2)ccc1Nc1ncc(C(F)(F)F)c(NCc2cccc3c2C(C)(C)C(=O)N3)n1. The lowest BCUT2D eigenvalue weighted by Crippen LogP contribution is -2.44. The number of likely N-dealkylation sites (N-methyl/N-ethyl adjacent to an activating group) is 1. The van der Waals surface area contributed by atoms with Crippen LogP contribution in [-0.4, -0.2) is 72.3 Å². The Labute approximate surface area is 254 Å². The van der Waals surface area contributed by atoms with Gasteiger partial charge in [-0.2, -0.15) is 18.2 Å². The number of anilines is 5. The minimum atomic E-state index is -4.68. The highest BCUT2D eigenvalue weighted by Crippen LogP contribution is 2.41. The molecule has 0 radical (unpaired) electrons. The number of ether oxygens (including phenoxy) is 1. The molecule has 44 heavy (non-hydrogen) atoms. The van der Waals surface area contributed by atoms with Crippen LogP contribution in [0.25, 0.3) is 0 Å². The number of amides is 1. The van der Waals surface area contributed by atoms with Crippen LogP contribution in [0.3, 0.4) is 0 Å². The molecular formula is C31H38F3N7O3. The summed E-state index contributed by atoms with van der Waals surface area (Å²) in [4.78, 5) is 25.1. The van der Waals surface area contributed by atoms with Crippen LogP contribution in [-0.2, 0) is 22.9 Å². The normalized spacial score (nSPS) is 16.6. The molecule has 0 atom stereocenters. The first kappa shape index (κ1) is 31.3. The second kappa shape index (κ2) is 12.5. The number of alkyl halides is 3. The molecule has 0 unspecified atom stereocenters. The summed E-state index contributed by atoms with van der Waals surface area (Å²) in [6.45, 7) is 6.06. The molecule has 0 spiro atoms. The zero-order valence-corrected chi connectivity index (χ0v) is 25.3. The van der Waals surface area contributed by atoms with Gasteiger partial charge in [-0.3, -0.25) is 4.79 Å². The summed E-state index contributed by atoms with van der Waals surface area (Å²) in [6, 6.07) is 11.3. The zero-order valence-electron chi connectivity index (χ0n) is 25.3. The van der Waals surface area contributed by atoms with Gasteiger partial charge in [-0.05, 0) is 63.1 Å². The highest BCUT2D eigenvalue weighted by Gasteiger charge is 2.40. The van der Waals surface area contributed by atoms with Gasteiger partial charge >= 0.3 is 6.18 Å². The molecule has 1 saturated heterocycles. The van der Waals surface area contributed by atoms with Crippen molar-refractivity contribution >= 4 is 34.7 Å². The molecule has 0 saturated carbocycles. The number of nitrogens with one attached hydrogen (secondary N) is 3. The predicted molar refractivity (Wildman–Crippen MR) is 164 cm³/mol. The van der Waals surface area contributed by atoms with Gasteiger partial charge in [-0.15, -0.1) is 0 Å². The first-order valence-electron chi connectivity index (χ1n) is 14.6. The molecule has 2 aliphatic heterocycles. The maximum absolute atomic E-state index is 13.9. The first-order chi connectivity index (χ1) is 20.9. The summed E-state index contributed by atoms with van der Waals surface area (Å²) in [5.41, 5.74) is 1.73. The van der Waals surface area contributed by atoms with Crippen molar-refractivity contribution in [3.8, 4) is 5.75 Å². The molecule has 1 amide bonds. The van der Waals surface area contributed by atoms with Gasteiger partial charge in [0.2, 0.25) is 11.9 Å². The average molecular weight is 614 g/mol. The van der Waals surface area contributed by atoms with Crippen LogP contribution in [0.2, 0.25) is 0 Å². The standard InChI is InChI=1S/C31H38F3N7O3/c1-30(2)26-19(6-5-7-24(26)37-28(30)43)17-35-27-22(31(32,33)34)18-36-29(39-27)38-23-9-8-21(16-25(23)44-4)41-12-10-20(11-13-41)40(3)14-15-42/h5-9,16,18,20,42H,10-15,17H2,1-4H3,(H,37,43)(H2,35,36,38,39). The van der Waals surface area contributed by atoms with Crippen LogP contribution >= 0.6 is 0 Å². The van der Waals surface area contributed by atoms with Crippen molar-refractivity contribution in [3.63, 3.8) is 0 Å². The lowest BCUT2D eigenvalue weighted by molar-refractivity contribution is -0.137. The molecule has 4 N–H and O–H groups in total. The number of nitrogens with zero attached hydrogens (tertiary/aromatic N) is 4. The largest absolute Gasteiger partial charge is 0.494 e. The van der Waals surface area contributed by atoms with Gasteiger partial charge in [-0.1, -0.05) is 12.1 Å². The van der Waals surface area contributed by atoms with Crippen molar-refractivity contribution in [2.24, 2.45) is 0 Å². The van der Waals surface area contributed by atoms with E-state index < -0.39 is 17.2 Å². The third kappa shape index (κ3) is 6.39. The number of hydrogen-bond acceptors (Lipinski definition) is 9. The Morgan fingerprint density at radius 2 is 1.95 bits per heavy atom. The van der Waals surface area contributed by atoms with Gasteiger partial charge in [0, 0.05) is 55.9 Å². The molecule has 236 valence electrons.